The molecule has 0 aromatic carbocycles. The average Bonchev–Trinajstić information content (AvgIpc) is 2.23. The standard InChI is InChI=1S/C12H33AsO7S3/c1-10-15-21(4,5)18-13(14,19-22(6,7)16-11-2)20-23(8,9)17-12-3/h10-12H2,1-9H3. The molecule has 7 nitrogen and oxygen atoms in total. The van der Waals surface area contributed by atoms with Crippen molar-refractivity contribution >= 4 is 46.3 Å². The first-order valence-electron chi connectivity index (χ1n) is 7.17. The molecule has 11 heteroatoms. The van der Waals surface area contributed by atoms with E-state index in [1.807, 2.05) is 20.8 Å². The van der Waals surface area contributed by atoms with Gasteiger partial charge in [-0.3, -0.25) is 0 Å². The van der Waals surface area contributed by atoms with Gasteiger partial charge in [0.25, 0.3) is 0 Å². The van der Waals surface area contributed by atoms with Gasteiger partial charge in [0.1, 0.15) is 0 Å². The van der Waals surface area contributed by atoms with E-state index in [4.69, 9.17) is 22.1 Å². The summed E-state index contributed by atoms with van der Waals surface area (Å²) in [6.45, 7) is 6.89. The van der Waals surface area contributed by atoms with Crippen LogP contribution in [0.5, 0.6) is 0 Å². The third-order valence-electron chi connectivity index (χ3n) is 2.02. The number of hydrogen-bond acceptors (Lipinski definition) is 7. The second kappa shape index (κ2) is 9.75. The zero-order chi connectivity index (χ0) is 18.4. The molecule has 23 heavy (non-hydrogen) atoms. The van der Waals surface area contributed by atoms with Gasteiger partial charge in [0.2, 0.25) is 0 Å². The maximum atomic E-state index is 13.3. The third-order valence-corrected chi connectivity index (χ3v) is 16.3. The van der Waals surface area contributed by atoms with Gasteiger partial charge in [0.15, 0.2) is 0 Å². The first-order chi connectivity index (χ1) is 10.3. The maximum absolute atomic E-state index is 13.3. The molecule has 0 saturated heterocycles. The van der Waals surface area contributed by atoms with Gasteiger partial charge in [-0.2, -0.15) is 0 Å². The van der Waals surface area contributed by atoms with Crippen LogP contribution in [0.3, 0.4) is 0 Å². The quantitative estimate of drug-likeness (QED) is 0.411. The van der Waals surface area contributed by atoms with Crippen molar-refractivity contribution in [3.05, 3.63) is 0 Å². The number of rotatable bonds is 12. The third kappa shape index (κ3) is 10.7. The molecule has 0 aliphatic rings. The molecule has 0 aliphatic carbocycles. The average molecular weight is 461 g/mol. The van der Waals surface area contributed by atoms with Crippen molar-refractivity contribution in [1.29, 1.82) is 0 Å². The van der Waals surface area contributed by atoms with Crippen molar-refractivity contribution in [1.82, 2.24) is 0 Å². The van der Waals surface area contributed by atoms with E-state index in [1.165, 1.54) is 0 Å². The van der Waals surface area contributed by atoms with Crippen LogP contribution in [0.2, 0.25) is 0 Å². The molecule has 0 unspecified atom stereocenters. The van der Waals surface area contributed by atoms with Crippen LogP contribution in [0.25, 0.3) is 0 Å². The number of hydrogen-bond donors (Lipinski definition) is 0. The van der Waals surface area contributed by atoms with E-state index in [2.05, 4.69) is 0 Å². The first-order valence-corrected chi connectivity index (χ1v) is 17.1. The summed E-state index contributed by atoms with van der Waals surface area (Å²) in [5.41, 5.74) is 0. The Balaban J connectivity index is 5.39. The summed E-state index contributed by atoms with van der Waals surface area (Å²) in [6.07, 6.45) is 10.5. The second-order valence-corrected chi connectivity index (χ2v) is 18.0. The Morgan fingerprint density at radius 3 is 1.00 bits per heavy atom. The van der Waals surface area contributed by atoms with Crippen LogP contribution in [0.1, 0.15) is 20.8 Å². The van der Waals surface area contributed by atoms with Crippen LogP contribution in [0.15, 0.2) is 0 Å². The fourth-order valence-electron chi connectivity index (χ4n) is 1.61. The molecule has 0 amide bonds. The Morgan fingerprint density at radius 1 is 0.609 bits per heavy atom. The SMILES string of the molecule is CCOS(C)(C)O[As](=O)(OS(C)(C)OCC)OS(C)(C)OCC. The molecule has 0 bridgehead atoms. The predicted octanol–water partition coefficient (Wildman–Crippen LogP) is 3.69. The monoisotopic (exact) mass is 460 g/mol. The molecular formula is C12H33AsO7S3. The summed E-state index contributed by atoms with van der Waals surface area (Å²) in [4.78, 5) is 0. The van der Waals surface area contributed by atoms with E-state index in [0.29, 0.717) is 19.8 Å². The summed E-state index contributed by atoms with van der Waals surface area (Å²) in [5, 5.41) is 0. The summed E-state index contributed by atoms with van der Waals surface area (Å²) >= 11 is -4.69. The van der Waals surface area contributed by atoms with Crippen LogP contribution in [-0.2, 0) is 25.8 Å². The second-order valence-electron chi connectivity index (χ2n) is 5.32. The minimum atomic E-state index is -4.69. The van der Waals surface area contributed by atoms with Gasteiger partial charge < -0.3 is 0 Å². The molecule has 146 valence electrons. The van der Waals surface area contributed by atoms with E-state index >= 15 is 0 Å². The van der Waals surface area contributed by atoms with Crippen LogP contribution in [-0.4, -0.2) is 71.9 Å². The van der Waals surface area contributed by atoms with Crippen LogP contribution in [0, 0.1) is 0 Å². The predicted molar refractivity (Wildman–Crippen MR) is 103 cm³/mol. The van der Waals surface area contributed by atoms with Crippen molar-refractivity contribution in [2.75, 3.05) is 57.4 Å². The molecule has 0 saturated carbocycles. The fourth-order valence-corrected chi connectivity index (χ4v) is 15.6. The topological polar surface area (TPSA) is 72.5 Å². The molecule has 0 atom stereocenters. The molecule has 0 heterocycles. The fraction of sp³-hybridized carbons (Fsp3) is 1.00. The van der Waals surface area contributed by atoms with E-state index in [-0.39, 0.29) is 0 Å². The Bertz CT molecular complexity index is 347. The van der Waals surface area contributed by atoms with Crippen LogP contribution < -0.4 is 0 Å². The van der Waals surface area contributed by atoms with Crippen LogP contribution >= 0.6 is 31.8 Å². The van der Waals surface area contributed by atoms with Gasteiger partial charge in [-0.25, -0.2) is 0 Å². The van der Waals surface area contributed by atoms with Crippen molar-refractivity contribution in [3.63, 3.8) is 0 Å². The molecule has 0 aromatic rings. The van der Waals surface area contributed by atoms with Crippen molar-refractivity contribution in [3.8, 4) is 0 Å². The molecule has 0 N–H and O–H groups in total. The summed E-state index contributed by atoms with van der Waals surface area (Å²) < 4.78 is 47.2. The van der Waals surface area contributed by atoms with Crippen molar-refractivity contribution < 1.29 is 25.8 Å². The van der Waals surface area contributed by atoms with Gasteiger partial charge in [0, 0.05) is 0 Å². The Kier molecular flexibility index (Phi) is 10.2. The van der Waals surface area contributed by atoms with Crippen molar-refractivity contribution in [2.45, 2.75) is 20.8 Å². The molecular weight excluding hydrogens is 427 g/mol. The van der Waals surface area contributed by atoms with E-state index in [0.717, 1.165) is 0 Å². The van der Waals surface area contributed by atoms with Gasteiger partial charge in [0.05, 0.1) is 0 Å². The zero-order valence-electron chi connectivity index (χ0n) is 15.7. The van der Waals surface area contributed by atoms with Gasteiger partial charge in [-0.05, 0) is 0 Å². The molecule has 0 aliphatic heterocycles. The molecule has 0 rings (SSSR count). The molecule has 0 spiro atoms. The summed E-state index contributed by atoms with van der Waals surface area (Å²) in [7, 11) is -6.10. The Hall–Kier alpha value is 1.17. The minimum absolute atomic E-state index is 0.446. The zero-order valence-corrected chi connectivity index (χ0v) is 20.0. The molecule has 0 aromatic heterocycles. The summed E-state index contributed by atoms with van der Waals surface area (Å²) in [5.74, 6) is 0. The van der Waals surface area contributed by atoms with Gasteiger partial charge in [-0.1, -0.05) is 0 Å². The van der Waals surface area contributed by atoms with Crippen molar-refractivity contribution in [2.24, 2.45) is 0 Å². The van der Waals surface area contributed by atoms with E-state index < -0.39 is 46.3 Å². The molecule has 0 radical (unpaired) electrons. The Labute approximate surface area is 150 Å². The van der Waals surface area contributed by atoms with E-state index in [1.54, 1.807) is 37.5 Å². The summed E-state index contributed by atoms with van der Waals surface area (Å²) in [6, 6.07) is 0. The van der Waals surface area contributed by atoms with E-state index in [9.17, 15) is 3.74 Å². The van der Waals surface area contributed by atoms with Gasteiger partial charge in [-0.15, -0.1) is 0 Å². The Morgan fingerprint density at radius 2 is 0.826 bits per heavy atom. The van der Waals surface area contributed by atoms with Crippen LogP contribution in [0.4, 0.5) is 0 Å². The first kappa shape index (κ1) is 24.2. The normalized spacial score (nSPS) is 16.4. The molecule has 0 fully saturated rings. The van der Waals surface area contributed by atoms with Gasteiger partial charge >= 0.3 is 150 Å².